The molecule has 0 unspecified atom stereocenters. The summed E-state index contributed by atoms with van der Waals surface area (Å²) in [5.41, 5.74) is 2.31. The molecule has 1 heterocycles. The van der Waals surface area contributed by atoms with Crippen LogP contribution >= 0.6 is 0 Å². The number of nitrogens with zero attached hydrogens (tertiary/aromatic N) is 1. The van der Waals surface area contributed by atoms with Crippen LogP contribution < -0.4 is 15.5 Å². The number of nitrogens with one attached hydrogen (secondary N) is 2. The van der Waals surface area contributed by atoms with Crippen LogP contribution in [0.4, 0.5) is 11.4 Å². The van der Waals surface area contributed by atoms with Gasteiger partial charge in [0.2, 0.25) is 5.91 Å². The second-order valence-corrected chi connectivity index (χ2v) is 7.30. The third-order valence-corrected chi connectivity index (χ3v) is 5.32. The zero-order valence-corrected chi connectivity index (χ0v) is 14.9. The molecule has 1 saturated carbocycles. The molecule has 1 aromatic carbocycles. The summed E-state index contributed by atoms with van der Waals surface area (Å²) < 4.78 is 0. The van der Waals surface area contributed by atoms with E-state index in [2.05, 4.69) is 39.8 Å². The largest absolute Gasteiger partial charge is 0.374 e. The maximum Gasteiger partial charge on any atom is 0.242 e. The van der Waals surface area contributed by atoms with E-state index < -0.39 is 0 Å². The Morgan fingerprint density at radius 3 is 2.25 bits per heavy atom. The number of anilines is 2. The fourth-order valence-corrected chi connectivity index (χ4v) is 3.81. The van der Waals surface area contributed by atoms with E-state index in [4.69, 9.17) is 0 Å². The molecule has 0 aromatic heterocycles. The highest BCUT2D eigenvalue weighted by Gasteiger charge is 2.20. The number of rotatable bonds is 5. The van der Waals surface area contributed by atoms with Crippen molar-refractivity contribution in [2.45, 2.75) is 70.4 Å². The van der Waals surface area contributed by atoms with E-state index in [9.17, 15) is 4.79 Å². The Bertz CT molecular complexity index is 514. The summed E-state index contributed by atoms with van der Waals surface area (Å²) in [6.45, 7) is 4.26. The Labute approximate surface area is 146 Å². The van der Waals surface area contributed by atoms with Gasteiger partial charge in [-0.1, -0.05) is 25.7 Å². The van der Waals surface area contributed by atoms with Crippen molar-refractivity contribution in [1.82, 2.24) is 5.32 Å². The van der Waals surface area contributed by atoms with Gasteiger partial charge < -0.3 is 15.5 Å². The zero-order chi connectivity index (χ0) is 16.8. The van der Waals surface area contributed by atoms with Crippen molar-refractivity contribution >= 4 is 17.3 Å². The molecule has 1 aliphatic heterocycles. The lowest BCUT2D eigenvalue weighted by Gasteiger charge is -2.23. The third kappa shape index (κ3) is 4.65. The highest BCUT2D eigenvalue weighted by molar-refractivity contribution is 5.84. The van der Waals surface area contributed by atoms with Gasteiger partial charge in [0.25, 0.3) is 0 Å². The summed E-state index contributed by atoms with van der Waals surface area (Å²) in [6, 6.07) is 8.73. The number of carbonyl (C=O) groups excluding carboxylic acids is 1. The summed E-state index contributed by atoms with van der Waals surface area (Å²) in [6.07, 6.45) is 10.0. The highest BCUT2D eigenvalue weighted by atomic mass is 16.2. The van der Waals surface area contributed by atoms with Crippen LogP contribution in [0.15, 0.2) is 24.3 Å². The third-order valence-electron chi connectivity index (χ3n) is 5.32. The van der Waals surface area contributed by atoms with Crippen molar-refractivity contribution in [3.05, 3.63) is 24.3 Å². The molecule has 1 amide bonds. The summed E-state index contributed by atoms with van der Waals surface area (Å²) in [5.74, 6) is 0.110. The standard InChI is InChI=1S/C20H31N3O/c1-16(20(24)22-17-8-4-5-9-17)21-18-10-12-19(13-11-18)23-14-6-2-3-7-15-23/h10-13,16-17,21H,2-9,14-15H2,1H3,(H,22,24)/t16-/m0/s1. The van der Waals surface area contributed by atoms with E-state index >= 15 is 0 Å². The predicted octanol–water partition coefficient (Wildman–Crippen LogP) is 3.93. The predicted molar refractivity (Wildman–Crippen MR) is 101 cm³/mol. The Morgan fingerprint density at radius 2 is 1.62 bits per heavy atom. The zero-order valence-electron chi connectivity index (χ0n) is 14.9. The van der Waals surface area contributed by atoms with E-state index in [-0.39, 0.29) is 11.9 Å². The number of carbonyl (C=O) groups is 1. The summed E-state index contributed by atoms with van der Waals surface area (Å²) in [4.78, 5) is 14.8. The highest BCUT2D eigenvalue weighted by Crippen LogP contribution is 2.22. The second-order valence-electron chi connectivity index (χ2n) is 7.30. The van der Waals surface area contributed by atoms with Crippen molar-refractivity contribution in [2.75, 3.05) is 23.3 Å². The van der Waals surface area contributed by atoms with Gasteiger partial charge in [0.15, 0.2) is 0 Å². The van der Waals surface area contributed by atoms with E-state index in [0.29, 0.717) is 6.04 Å². The van der Waals surface area contributed by atoms with Gasteiger partial charge in [0.1, 0.15) is 6.04 Å². The van der Waals surface area contributed by atoms with Crippen molar-refractivity contribution in [1.29, 1.82) is 0 Å². The van der Waals surface area contributed by atoms with Gasteiger partial charge in [0.05, 0.1) is 0 Å². The first-order valence-corrected chi connectivity index (χ1v) is 9.64. The van der Waals surface area contributed by atoms with Crippen LogP contribution in [0.1, 0.15) is 58.3 Å². The minimum absolute atomic E-state index is 0.110. The maximum absolute atomic E-state index is 12.3. The number of hydrogen-bond acceptors (Lipinski definition) is 3. The fourth-order valence-electron chi connectivity index (χ4n) is 3.81. The Hall–Kier alpha value is -1.71. The molecule has 4 nitrogen and oxygen atoms in total. The summed E-state index contributed by atoms with van der Waals surface area (Å²) in [7, 11) is 0. The minimum Gasteiger partial charge on any atom is -0.374 e. The first-order chi connectivity index (χ1) is 11.7. The first kappa shape index (κ1) is 17.1. The maximum atomic E-state index is 12.3. The van der Waals surface area contributed by atoms with Gasteiger partial charge in [-0.05, 0) is 56.9 Å². The lowest BCUT2D eigenvalue weighted by Crippen LogP contribution is -2.42. The fraction of sp³-hybridized carbons (Fsp3) is 0.650. The SMILES string of the molecule is C[C@H](Nc1ccc(N2CCCCCC2)cc1)C(=O)NC1CCCC1. The molecule has 1 saturated heterocycles. The van der Waals surface area contributed by atoms with Gasteiger partial charge in [-0.15, -0.1) is 0 Å². The van der Waals surface area contributed by atoms with Crippen LogP contribution in [0.3, 0.4) is 0 Å². The molecule has 132 valence electrons. The van der Waals surface area contributed by atoms with Crippen LogP contribution in [-0.4, -0.2) is 31.1 Å². The lowest BCUT2D eigenvalue weighted by molar-refractivity contribution is -0.122. The van der Waals surface area contributed by atoms with Crippen LogP contribution in [0.2, 0.25) is 0 Å². The molecule has 2 aliphatic rings. The van der Waals surface area contributed by atoms with E-state index in [1.165, 1.54) is 44.2 Å². The van der Waals surface area contributed by atoms with Crippen LogP contribution in [0.5, 0.6) is 0 Å². The Kier molecular flexibility index (Phi) is 6.00. The molecule has 1 aliphatic carbocycles. The number of benzene rings is 1. The normalized spacial score (nSPS) is 20.5. The van der Waals surface area contributed by atoms with Crippen molar-refractivity contribution < 1.29 is 4.79 Å². The summed E-state index contributed by atoms with van der Waals surface area (Å²) >= 11 is 0. The van der Waals surface area contributed by atoms with Crippen LogP contribution in [-0.2, 0) is 4.79 Å². The average Bonchev–Trinajstić information content (AvgIpc) is 2.95. The molecular formula is C20H31N3O. The summed E-state index contributed by atoms with van der Waals surface area (Å²) in [5, 5.41) is 6.49. The van der Waals surface area contributed by atoms with Crippen LogP contribution in [0, 0.1) is 0 Å². The van der Waals surface area contributed by atoms with Crippen molar-refractivity contribution in [3.63, 3.8) is 0 Å². The minimum atomic E-state index is -0.199. The van der Waals surface area contributed by atoms with Gasteiger partial charge in [-0.2, -0.15) is 0 Å². The quantitative estimate of drug-likeness (QED) is 0.860. The van der Waals surface area contributed by atoms with Crippen molar-refractivity contribution in [2.24, 2.45) is 0 Å². The molecule has 0 radical (unpaired) electrons. The van der Waals surface area contributed by atoms with Gasteiger partial charge in [-0.3, -0.25) is 4.79 Å². The molecule has 2 fully saturated rings. The molecule has 4 heteroatoms. The van der Waals surface area contributed by atoms with Gasteiger partial charge >= 0.3 is 0 Å². The lowest BCUT2D eigenvalue weighted by atomic mass is 10.2. The second kappa shape index (κ2) is 8.41. The molecule has 0 spiro atoms. The molecule has 0 bridgehead atoms. The molecule has 1 aromatic rings. The Morgan fingerprint density at radius 1 is 1.00 bits per heavy atom. The monoisotopic (exact) mass is 329 g/mol. The smallest absolute Gasteiger partial charge is 0.242 e. The molecule has 1 atom stereocenters. The van der Waals surface area contributed by atoms with Crippen molar-refractivity contribution in [3.8, 4) is 0 Å². The average molecular weight is 329 g/mol. The first-order valence-electron chi connectivity index (χ1n) is 9.64. The van der Waals surface area contributed by atoms with Crippen LogP contribution in [0.25, 0.3) is 0 Å². The van der Waals surface area contributed by atoms with E-state index in [1.54, 1.807) is 0 Å². The van der Waals surface area contributed by atoms with E-state index in [1.807, 2.05) is 6.92 Å². The van der Waals surface area contributed by atoms with Gasteiger partial charge in [-0.25, -0.2) is 0 Å². The molecule has 2 N–H and O–H groups in total. The van der Waals surface area contributed by atoms with Gasteiger partial charge in [0, 0.05) is 30.5 Å². The molecule has 24 heavy (non-hydrogen) atoms. The molecular weight excluding hydrogens is 298 g/mol. The Balaban J connectivity index is 1.52. The number of amides is 1. The van der Waals surface area contributed by atoms with E-state index in [0.717, 1.165) is 31.6 Å². The molecule has 3 rings (SSSR count). The number of hydrogen-bond donors (Lipinski definition) is 2. The topological polar surface area (TPSA) is 44.4 Å².